The van der Waals surface area contributed by atoms with Crippen molar-refractivity contribution in [1.82, 2.24) is 9.97 Å². The summed E-state index contributed by atoms with van der Waals surface area (Å²) in [5, 5.41) is 3.05. The molecule has 4 nitrogen and oxygen atoms in total. The molecule has 16 heavy (non-hydrogen) atoms. The van der Waals surface area contributed by atoms with Crippen LogP contribution in [0.3, 0.4) is 0 Å². The van der Waals surface area contributed by atoms with Crippen LogP contribution in [0.4, 0.5) is 11.6 Å². The van der Waals surface area contributed by atoms with Crippen molar-refractivity contribution >= 4 is 11.6 Å². The van der Waals surface area contributed by atoms with Crippen molar-refractivity contribution < 1.29 is 0 Å². The summed E-state index contributed by atoms with van der Waals surface area (Å²) < 4.78 is 0. The first-order valence-electron chi connectivity index (χ1n) is 5.93. The van der Waals surface area contributed by atoms with Crippen LogP contribution in [0, 0.1) is 11.8 Å². The number of anilines is 2. The molecule has 4 heteroatoms. The van der Waals surface area contributed by atoms with E-state index < -0.39 is 0 Å². The lowest BCUT2D eigenvalue weighted by atomic mass is 9.92. The van der Waals surface area contributed by atoms with Gasteiger partial charge in [0.05, 0.1) is 0 Å². The number of piperidine rings is 1. The Balaban J connectivity index is 2.16. The van der Waals surface area contributed by atoms with Gasteiger partial charge in [-0.1, -0.05) is 13.8 Å². The van der Waals surface area contributed by atoms with Crippen LogP contribution < -0.4 is 10.2 Å². The smallest absolute Gasteiger partial charge is 0.134 e. The van der Waals surface area contributed by atoms with Crippen molar-refractivity contribution in [2.24, 2.45) is 11.8 Å². The minimum Gasteiger partial charge on any atom is -0.373 e. The Morgan fingerprint density at radius 3 is 2.56 bits per heavy atom. The third-order valence-corrected chi connectivity index (χ3v) is 3.10. The summed E-state index contributed by atoms with van der Waals surface area (Å²) in [4.78, 5) is 10.9. The SMILES string of the molecule is CNc1cc(N2C[C@H](C)C[C@H](C)C2)ncn1. The number of nitrogens with zero attached hydrogens (tertiary/aromatic N) is 3. The topological polar surface area (TPSA) is 41.0 Å². The summed E-state index contributed by atoms with van der Waals surface area (Å²) in [6, 6.07) is 2.02. The standard InChI is InChI=1S/C12H20N4/c1-9-4-10(2)7-16(6-9)12-5-11(13-3)14-8-15-12/h5,8-10H,4,6-7H2,1-3H3,(H,13,14,15)/t9-,10+. The van der Waals surface area contributed by atoms with Crippen molar-refractivity contribution in [3.63, 3.8) is 0 Å². The Bertz CT molecular complexity index is 343. The quantitative estimate of drug-likeness (QED) is 0.827. The summed E-state index contributed by atoms with van der Waals surface area (Å²) in [6.45, 7) is 6.82. The van der Waals surface area contributed by atoms with Gasteiger partial charge < -0.3 is 10.2 Å². The minimum atomic E-state index is 0.747. The lowest BCUT2D eigenvalue weighted by Crippen LogP contribution is -2.39. The van der Waals surface area contributed by atoms with Gasteiger partial charge >= 0.3 is 0 Å². The van der Waals surface area contributed by atoms with Crippen LogP contribution in [0.2, 0.25) is 0 Å². The van der Waals surface area contributed by atoms with E-state index in [9.17, 15) is 0 Å². The average molecular weight is 220 g/mol. The maximum atomic E-state index is 4.35. The van der Waals surface area contributed by atoms with E-state index in [0.717, 1.165) is 36.6 Å². The van der Waals surface area contributed by atoms with E-state index in [-0.39, 0.29) is 0 Å². The van der Waals surface area contributed by atoms with Crippen molar-refractivity contribution in [1.29, 1.82) is 0 Å². The van der Waals surface area contributed by atoms with Crippen LogP contribution in [0.1, 0.15) is 20.3 Å². The van der Waals surface area contributed by atoms with Gasteiger partial charge in [-0.25, -0.2) is 9.97 Å². The van der Waals surface area contributed by atoms with Crippen molar-refractivity contribution in [2.75, 3.05) is 30.4 Å². The Labute approximate surface area is 97.1 Å². The van der Waals surface area contributed by atoms with Gasteiger partial charge in [-0.2, -0.15) is 0 Å². The first-order chi connectivity index (χ1) is 7.69. The predicted molar refractivity (Wildman–Crippen MR) is 66.7 cm³/mol. The maximum absolute atomic E-state index is 4.35. The van der Waals surface area contributed by atoms with Crippen LogP contribution in [0.15, 0.2) is 12.4 Å². The largest absolute Gasteiger partial charge is 0.373 e. The molecule has 1 N–H and O–H groups in total. The van der Waals surface area contributed by atoms with Crippen molar-refractivity contribution in [3.05, 3.63) is 12.4 Å². The van der Waals surface area contributed by atoms with Gasteiger partial charge in [0.2, 0.25) is 0 Å². The molecule has 2 rings (SSSR count). The summed E-state index contributed by atoms with van der Waals surface area (Å²) in [7, 11) is 1.88. The second kappa shape index (κ2) is 4.68. The molecular formula is C12H20N4. The van der Waals surface area contributed by atoms with Crippen molar-refractivity contribution in [2.45, 2.75) is 20.3 Å². The summed E-state index contributed by atoms with van der Waals surface area (Å²) >= 11 is 0. The van der Waals surface area contributed by atoms with Gasteiger partial charge in [0.25, 0.3) is 0 Å². The molecule has 0 aromatic carbocycles. The zero-order valence-corrected chi connectivity index (χ0v) is 10.3. The lowest BCUT2D eigenvalue weighted by molar-refractivity contribution is 0.355. The molecule has 0 radical (unpaired) electrons. The van der Waals surface area contributed by atoms with Gasteiger partial charge in [0.15, 0.2) is 0 Å². The summed E-state index contributed by atoms with van der Waals surface area (Å²) in [6.07, 6.45) is 2.95. The van der Waals surface area contributed by atoms with Crippen LogP contribution in [0.25, 0.3) is 0 Å². The maximum Gasteiger partial charge on any atom is 0.134 e. The molecule has 1 saturated heterocycles. The number of hydrogen-bond acceptors (Lipinski definition) is 4. The molecule has 2 heterocycles. The molecule has 0 unspecified atom stereocenters. The highest BCUT2D eigenvalue weighted by Crippen LogP contribution is 2.25. The molecule has 1 fully saturated rings. The Morgan fingerprint density at radius 1 is 1.25 bits per heavy atom. The number of nitrogens with one attached hydrogen (secondary N) is 1. The molecule has 0 spiro atoms. The van der Waals surface area contributed by atoms with E-state index in [1.54, 1.807) is 6.33 Å². The van der Waals surface area contributed by atoms with Gasteiger partial charge in [0, 0.05) is 26.2 Å². The van der Waals surface area contributed by atoms with E-state index in [1.807, 2.05) is 13.1 Å². The van der Waals surface area contributed by atoms with E-state index in [2.05, 4.69) is 34.0 Å². The molecule has 1 aliphatic rings. The fourth-order valence-corrected chi connectivity index (χ4v) is 2.51. The second-order valence-corrected chi connectivity index (χ2v) is 4.86. The third-order valence-electron chi connectivity index (χ3n) is 3.10. The van der Waals surface area contributed by atoms with E-state index in [1.165, 1.54) is 6.42 Å². The molecule has 1 aromatic rings. The van der Waals surface area contributed by atoms with Gasteiger partial charge in [-0.3, -0.25) is 0 Å². The Hall–Kier alpha value is -1.32. The molecule has 2 atom stereocenters. The molecular weight excluding hydrogens is 200 g/mol. The Kier molecular flexibility index (Phi) is 3.27. The normalized spacial score (nSPS) is 25.6. The molecule has 0 saturated carbocycles. The molecule has 1 aromatic heterocycles. The number of rotatable bonds is 2. The molecule has 0 aliphatic carbocycles. The predicted octanol–water partition coefficient (Wildman–Crippen LogP) is 2.00. The van der Waals surface area contributed by atoms with Crippen LogP contribution in [0.5, 0.6) is 0 Å². The molecule has 1 aliphatic heterocycles. The summed E-state index contributed by atoms with van der Waals surface area (Å²) in [5.74, 6) is 3.42. The first kappa shape index (κ1) is 11.2. The zero-order chi connectivity index (χ0) is 11.5. The minimum absolute atomic E-state index is 0.747. The monoisotopic (exact) mass is 220 g/mol. The highest BCUT2D eigenvalue weighted by Gasteiger charge is 2.22. The van der Waals surface area contributed by atoms with E-state index in [0.29, 0.717) is 0 Å². The lowest BCUT2D eigenvalue weighted by Gasteiger charge is -2.35. The highest BCUT2D eigenvalue weighted by molar-refractivity contribution is 5.48. The third kappa shape index (κ3) is 2.43. The number of aromatic nitrogens is 2. The van der Waals surface area contributed by atoms with Crippen LogP contribution in [-0.2, 0) is 0 Å². The molecule has 0 amide bonds. The van der Waals surface area contributed by atoms with Gasteiger partial charge in [-0.05, 0) is 18.3 Å². The summed E-state index contributed by atoms with van der Waals surface area (Å²) in [5.41, 5.74) is 0. The van der Waals surface area contributed by atoms with E-state index >= 15 is 0 Å². The molecule has 0 bridgehead atoms. The van der Waals surface area contributed by atoms with Crippen molar-refractivity contribution in [3.8, 4) is 0 Å². The molecule has 88 valence electrons. The number of hydrogen-bond donors (Lipinski definition) is 1. The van der Waals surface area contributed by atoms with E-state index in [4.69, 9.17) is 0 Å². The van der Waals surface area contributed by atoms with Crippen LogP contribution in [-0.4, -0.2) is 30.1 Å². The van der Waals surface area contributed by atoms with Gasteiger partial charge in [0.1, 0.15) is 18.0 Å². The Morgan fingerprint density at radius 2 is 1.94 bits per heavy atom. The van der Waals surface area contributed by atoms with Gasteiger partial charge in [-0.15, -0.1) is 0 Å². The van der Waals surface area contributed by atoms with Crippen LogP contribution >= 0.6 is 0 Å². The fraction of sp³-hybridized carbons (Fsp3) is 0.667. The zero-order valence-electron chi connectivity index (χ0n) is 10.3. The first-order valence-corrected chi connectivity index (χ1v) is 5.93. The average Bonchev–Trinajstić information content (AvgIpc) is 2.28. The second-order valence-electron chi connectivity index (χ2n) is 4.86. The highest BCUT2D eigenvalue weighted by atomic mass is 15.2. The fourth-order valence-electron chi connectivity index (χ4n) is 2.51.